The zero-order valence-corrected chi connectivity index (χ0v) is 10.5. The maximum atomic E-state index is 14.0. The Morgan fingerprint density at radius 2 is 2.35 bits per heavy atom. The Bertz CT molecular complexity index is 381. The summed E-state index contributed by atoms with van der Waals surface area (Å²) in [7, 11) is 0. The molecule has 1 aromatic carbocycles. The fourth-order valence-corrected chi connectivity index (χ4v) is 2.23. The Kier molecular flexibility index (Phi) is 3.84. The average Bonchev–Trinajstić information content (AvgIpc) is 2.29. The second-order valence-electron chi connectivity index (χ2n) is 4.50. The average molecular weight is 237 g/mol. The van der Waals surface area contributed by atoms with Gasteiger partial charge in [-0.15, -0.1) is 0 Å². The Hall–Kier alpha value is -1.29. The summed E-state index contributed by atoms with van der Waals surface area (Å²) >= 11 is 0. The van der Waals surface area contributed by atoms with Gasteiger partial charge in [0.15, 0.2) is 0 Å². The molecule has 94 valence electrons. The number of rotatable bonds is 3. The first-order chi connectivity index (χ1) is 8.20. The van der Waals surface area contributed by atoms with Crippen molar-refractivity contribution in [1.29, 1.82) is 0 Å². The lowest BCUT2D eigenvalue weighted by Gasteiger charge is -2.33. The van der Waals surface area contributed by atoms with Gasteiger partial charge >= 0.3 is 0 Å². The second kappa shape index (κ2) is 5.36. The van der Waals surface area contributed by atoms with E-state index in [4.69, 9.17) is 0 Å². The number of benzene rings is 1. The first kappa shape index (κ1) is 12.2. The standard InChI is InChI=1S/C13H20FN3/c1-3-15-11-4-5-13(12(14)8-11)17-7-6-16-10(2)9-17/h4-5,8,10,15-16H,3,6-7,9H2,1-2H3. The van der Waals surface area contributed by atoms with Crippen LogP contribution in [-0.4, -0.2) is 32.2 Å². The smallest absolute Gasteiger partial charge is 0.148 e. The van der Waals surface area contributed by atoms with E-state index in [1.165, 1.54) is 0 Å². The van der Waals surface area contributed by atoms with Crippen LogP contribution in [0.3, 0.4) is 0 Å². The first-order valence-electron chi connectivity index (χ1n) is 6.22. The van der Waals surface area contributed by atoms with Crippen LogP contribution >= 0.6 is 0 Å². The van der Waals surface area contributed by atoms with Gasteiger partial charge in [-0.25, -0.2) is 4.39 Å². The van der Waals surface area contributed by atoms with Crippen LogP contribution in [0.15, 0.2) is 18.2 Å². The summed E-state index contributed by atoms with van der Waals surface area (Å²) < 4.78 is 14.0. The molecule has 4 heteroatoms. The summed E-state index contributed by atoms with van der Waals surface area (Å²) in [5.41, 5.74) is 1.55. The molecule has 1 fully saturated rings. The highest BCUT2D eigenvalue weighted by Crippen LogP contribution is 2.23. The van der Waals surface area contributed by atoms with Crippen LogP contribution in [0.4, 0.5) is 15.8 Å². The summed E-state index contributed by atoms with van der Waals surface area (Å²) in [6.45, 7) is 7.57. The molecule has 17 heavy (non-hydrogen) atoms. The van der Waals surface area contributed by atoms with Gasteiger partial charge in [0.1, 0.15) is 5.82 Å². The first-order valence-corrected chi connectivity index (χ1v) is 6.22. The molecule has 1 unspecified atom stereocenters. The topological polar surface area (TPSA) is 27.3 Å². The SMILES string of the molecule is CCNc1ccc(N2CCNC(C)C2)c(F)c1. The number of nitrogens with zero attached hydrogens (tertiary/aromatic N) is 1. The third-order valence-electron chi connectivity index (χ3n) is 3.04. The Morgan fingerprint density at radius 3 is 3.00 bits per heavy atom. The molecule has 1 atom stereocenters. The molecule has 1 saturated heterocycles. The van der Waals surface area contributed by atoms with E-state index in [1.807, 2.05) is 19.1 Å². The largest absolute Gasteiger partial charge is 0.385 e. The molecule has 0 spiro atoms. The lowest BCUT2D eigenvalue weighted by Crippen LogP contribution is -2.49. The van der Waals surface area contributed by atoms with Crippen LogP contribution in [0.5, 0.6) is 0 Å². The van der Waals surface area contributed by atoms with Crippen molar-refractivity contribution < 1.29 is 4.39 Å². The van der Waals surface area contributed by atoms with Crippen LogP contribution in [-0.2, 0) is 0 Å². The van der Waals surface area contributed by atoms with Crippen LogP contribution in [0.25, 0.3) is 0 Å². The number of halogens is 1. The summed E-state index contributed by atoms with van der Waals surface area (Å²) in [5.74, 6) is -0.141. The number of hydrogen-bond acceptors (Lipinski definition) is 3. The fourth-order valence-electron chi connectivity index (χ4n) is 2.23. The van der Waals surface area contributed by atoms with E-state index in [2.05, 4.69) is 22.5 Å². The molecule has 0 aliphatic carbocycles. The molecule has 3 nitrogen and oxygen atoms in total. The number of piperazine rings is 1. The highest BCUT2D eigenvalue weighted by atomic mass is 19.1. The molecule has 1 aliphatic rings. The molecule has 2 N–H and O–H groups in total. The van der Waals surface area contributed by atoms with Gasteiger partial charge in [0.25, 0.3) is 0 Å². The van der Waals surface area contributed by atoms with Gasteiger partial charge in [0, 0.05) is 37.9 Å². The number of nitrogens with one attached hydrogen (secondary N) is 2. The molecule has 0 saturated carbocycles. The van der Waals surface area contributed by atoms with Gasteiger partial charge in [-0.3, -0.25) is 0 Å². The van der Waals surface area contributed by atoms with Gasteiger partial charge in [-0.1, -0.05) is 0 Å². The predicted molar refractivity (Wildman–Crippen MR) is 70.2 cm³/mol. The predicted octanol–water partition coefficient (Wildman–Crippen LogP) is 2.06. The minimum Gasteiger partial charge on any atom is -0.385 e. The molecule has 1 aliphatic heterocycles. The third kappa shape index (κ3) is 2.88. The molecule has 0 bridgehead atoms. The number of hydrogen-bond donors (Lipinski definition) is 2. The molecular weight excluding hydrogens is 217 g/mol. The van der Waals surface area contributed by atoms with Crippen LogP contribution < -0.4 is 15.5 Å². The van der Waals surface area contributed by atoms with E-state index in [0.29, 0.717) is 11.7 Å². The Morgan fingerprint density at radius 1 is 1.53 bits per heavy atom. The van der Waals surface area contributed by atoms with Crippen molar-refractivity contribution in [2.24, 2.45) is 0 Å². The maximum Gasteiger partial charge on any atom is 0.148 e. The normalized spacial score (nSPS) is 20.4. The van der Waals surface area contributed by atoms with Crippen LogP contribution in [0.1, 0.15) is 13.8 Å². The van der Waals surface area contributed by atoms with E-state index in [-0.39, 0.29) is 5.82 Å². The van der Waals surface area contributed by atoms with E-state index < -0.39 is 0 Å². The van der Waals surface area contributed by atoms with Crippen molar-refractivity contribution in [1.82, 2.24) is 5.32 Å². The zero-order chi connectivity index (χ0) is 12.3. The van der Waals surface area contributed by atoms with Crippen molar-refractivity contribution in [2.45, 2.75) is 19.9 Å². The molecule has 0 radical (unpaired) electrons. The third-order valence-corrected chi connectivity index (χ3v) is 3.04. The summed E-state index contributed by atoms with van der Waals surface area (Å²) in [5, 5.41) is 6.47. The summed E-state index contributed by atoms with van der Waals surface area (Å²) in [6.07, 6.45) is 0. The van der Waals surface area contributed by atoms with Crippen molar-refractivity contribution in [3.8, 4) is 0 Å². The second-order valence-corrected chi connectivity index (χ2v) is 4.50. The molecule has 2 rings (SSSR count). The van der Waals surface area contributed by atoms with E-state index >= 15 is 0 Å². The lowest BCUT2D eigenvalue weighted by atomic mass is 10.2. The number of anilines is 2. The van der Waals surface area contributed by atoms with E-state index in [1.54, 1.807) is 6.07 Å². The van der Waals surface area contributed by atoms with Crippen molar-refractivity contribution in [2.75, 3.05) is 36.4 Å². The zero-order valence-electron chi connectivity index (χ0n) is 10.5. The molecule has 1 heterocycles. The highest BCUT2D eigenvalue weighted by molar-refractivity contribution is 5.56. The van der Waals surface area contributed by atoms with Gasteiger partial charge < -0.3 is 15.5 Å². The highest BCUT2D eigenvalue weighted by Gasteiger charge is 2.18. The Balaban J connectivity index is 2.15. The van der Waals surface area contributed by atoms with E-state index in [9.17, 15) is 4.39 Å². The summed E-state index contributed by atoms with van der Waals surface area (Å²) in [4.78, 5) is 2.10. The van der Waals surface area contributed by atoms with Gasteiger partial charge in [0.05, 0.1) is 5.69 Å². The molecular formula is C13H20FN3. The van der Waals surface area contributed by atoms with Crippen LogP contribution in [0.2, 0.25) is 0 Å². The minimum atomic E-state index is -0.141. The van der Waals surface area contributed by atoms with Gasteiger partial charge in [-0.05, 0) is 32.0 Å². The fraction of sp³-hybridized carbons (Fsp3) is 0.538. The quantitative estimate of drug-likeness (QED) is 0.842. The monoisotopic (exact) mass is 237 g/mol. The van der Waals surface area contributed by atoms with Crippen molar-refractivity contribution in [3.05, 3.63) is 24.0 Å². The van der Waals surface area contributed by atoms with Crippen LogP contribution in [0, 0.1) is 5.82 Å². The van der Waals surface area contributed by atoms with Gasteiger partial charge in [0.2, 0.25) is 0 Å². The lowest BCUT2D eigenvalue weighted by molar-refractivity contribution is 0.478. The van der Waals surface area contributed by atoms with Gasteiger partial charge in [-0.2, -0.15) is 0 Å². The van der Waals surface area contributed by atoms with Crippen molar-refractivity contribution >= 4 is 11.4 Å². The maximum absolute atomic E-state index is 14.0. The minimum absolute atomic E-state index is 0.141. The molecule has 1 aromatic rings. The molecule has 0 aromatic heterocycles. The van der Waals surface area contributed by atoms with E-state index in [0.717, 1.165) is 31.9 Å². The Labute approximate surface area is 102 Å². The van der Waals surface area contributed by atoms with Crippen molar-refractivity contribution in [3.63, 3.8) is 0 Å². The molecule has 0 amide bonds. The summed E-state index contributed by atoms with van der Waals surface area (Å²) in [6, 6.07) is 5.79.